The van der Waals surface area contributed by atoms with Crippen LogP contribution in [0.3, 0.4) is 0 Å². The molecule has 0 aliphatic carbocycles. The zero-order valence-electron chi connectivity index (χ0n) is 62.8. The molecule has 8 aromatic heterocycles. The van der Waals surface area contributed by atoms with Crippen LogP contribution in [0.4, 0.5) is 69.3 Å². The van der Waals surface area contributed by atoms with Gasteiger partial charge in [-0.25, -0.2) is 39.9 Å². The Morgan fingerprint density at radius 1 is 0.138 bits per heavy atom. The van der Waals surface area contributed by atoms with Crippen molar-refractivity contribution >= 4 is 102 Å². The van der Waals surface area contributed by atoms with Crippen LogP contribution in [-0.2, 0) is 0 Å². The summed E-state index contributed by atoms with van der Waals surface area (Å²) in [4.78, 5) is 53.9. The van der Waals surface area contributed by atoms with Crippen molar-refractivity contribution in [3.63, 3.8) is 0 Å². The Kier molecular flexibility index (Phi) is 18.4. The van der Waals surface area contributed by atoms with Gasteiger partial charge in [-0.2, -0.15) is 0 Å². The van der Waals surface area contributed by atoms with Crippen molar-refractivity contribution in [3.8, 4) is 89.0 Å². The first-order valence-corrected chi connectivity index (χ1v) is 38.7. The lowest BCUT2D eigenvalue weighted by atomic mass is 9.88. The summed E-state index contributed by atoms with van der Waals surface area (Å²) in [6.45, 7) is 0. The highest BCUT2D eigenvalue weighted by molar-refractivity contribution is 6.33. The molecule has 0 atom stereocenters. The van der Waals surface area contributed by atoms with Crippen LogP contribution in [0.25, 0.3) is 121 Å². The van der Waals surface area contributed by atoms with E-state index in [0.29, 0.717) is 46.5 Å². The van der Waals surface area contributed by atoms with E-state index in [4.69, 9.17) is 39.9 Å². The lowest BCUT2D eigenvalue weighted by Crippen LogP contribution is -2.20. The Morgan fingerprint density at radius 3 is 0.414 bits per heavy atom. The molecule has 0 amide bonds. The molecule has 12 aromatic carbocycles. The van der Waals surface area contributed by atoms with Crippen molar-refractivity contribution in [1.82, 2.24) is 39.9 Å². The minimum Gasteiger partial charge on any atom is -0.277 e. The third kappa shape index (κ3) is 12.7. The zero-order chi connectivity index (χ0) is 77.1. The van der Waals surface area contributed by atoms with E-state index in [-0.39, 0.29) is 0 Å². The third-order valence-corrected chi connectivity index (χ3v) is 21.4. The smallest absolute Gasteiger partial charge is 0.146 e. The second-order valence-corrected chi connectivity index (χ2v) is 28.2. The molecule has 12 heteroatoms. The number of anilines is 12. The maximum absolute atomic E-state index is 5.60. The van der Waals surface area contributed by atoms with Gasteiger partial charge >= 0.3 is 0 Å². The van der Waals surface area contributed by atoms with Crippen LogP contribution in [0.1, 0.15) is 0 Å². The van der Waals surface area contributed by atoms with E-state index in [0.717, 1.165) is 144 Å². The molecule has 0 fully saturated rings. The van der Waals surface area contributed by atoms with Crippen LogP contribution in [0.5, 0.6) is 0 Å². The first-order valence-electron chi connectivity index (χ1n) is 38.7. The van der Waals surface area contributed by atoms with Crippen molar-refractivity contribution < 1.29 is 0 Å². The van der Waals surface area contributed by atoms with Gasteiger partial charge in [0.15, 0.2) is 0 Å². The molecule has 0 unspecified atom stereocenters. The van der Waals surface area contributed by atoms with Crippen molar-refractivity contribution in [1.29, 1.82) is 0 Å². The summed E-state index contributed by atoms with van der Waals surface area (Å²) in [5.74, 6) is 5.15. The first-order chi connectivity index (χ1) is 57.7. The van der Waals surface area contributed by atoms with Crippen molar-refractivity contribution in [2.45, 2.75) is 0 Å². The molecule has 116 heavy (non-hydrogen) atoms. The Morgan fingerprint density at radius 2 is 0.276 bits per heavy atom. The molecular formula is C104H70N12. The van der Waals surface area contributed by atoms with Crippen LogP contribution < -0.4 is 19.6 Å². The second-order valence-electron chi connectivity index (χ2n) is 28.2. The average Bonchev–Trinajstić information content (AvgIpc) is 0.694. The summed E-state index contributed by atoms with van der Waals surface area (Å²) < 4.78 is 0. The molecule has 20 aromatic rings. The Labute approximate surface area is 671 Å². The highest BCUT2D eigenvalue weighted by atomic mass is 15.3. The van der Waals surface area contributed by atoms with Gasteiger partial charge < -0.3 is 0 Å². The SMILES string of the molecule is c1ccc(-c2cccnc2N(c2ncccc2-c2ccccc2)c2cc(N(c3ncccc3-c3ccccc3)c3ncccc3-c3ccccc3)c3ccc4c(N(c5ncccc5-c5ccccc5)c5ncccc5-c5ccccc5)cc(N(c5ncccc5-c5ccccc5)c5ncccc5-c5ccccc5)c5ccc2c3c54)cc1. The van der Waals surface area contributed by atoms with Crippen LogP contribution in [0.15, 0.2) is 426 Å². The van der Waals surface area contributed by atoms with Gasteiger partial charge in [0.25, 0.3) is 0 Å². The molecule has 0 bridgehead atoms. The Hall–Kier alpha value is -15.9. The third-order valence-electron chi connectivity index (χ3n) is 21.4. The maximum atomic E-state index is 5.60. The molecule has 12 nitrogen and oxygen atoms in total. The van der Waals surface area contributed by atoms with Crippen molar-refractivity contribution in [2.75, 3.05) is 19.6 Å². The van der Waals surface area contributed by atoms with Gasteiger partial charge in [0.1, 0.15) is 46.5 Å². The molecule has 0 saturated carbocycles. The highest BCUT2D eigenvalue weighted by Gasteiger charge is 2.36. The summed E-state index contributed by atoms with van der Waals surface area (Å²) in [5.41, 5.74) is 17.8. The van der Waals surface area contributed by atoms with Crippen LogP contribution in [0.2, 0.25) is 0 Å². The zero-order valence-corrected chi connectivity index (χ0v) is 62.8. The largest absolute Gasteiger partial charge is 0.277 e. The minimum absolute atomic E-state index is 0.644. The van der Waals surface area contributed by atoms with Gasteiger partial charge in [0.05, 0.1) is 22.7 Å². The predicted molar refractivity (Wildman–Crippen MR) is 475 cm³/mol. The molecule has 0 saturated heterocycles. The number of aromatic nitrogens is 8. The number of pyridine rings is 8. The second kappa shape index (κ2) is 30.7. The van der Waals surface area contributed by atoms with Crippen LogP contribution >= 0.6 is 0 Å². The van der Waals surface area contributed by atoms with Gasteiger partial charge in [0.2, 0.25) is 0 Å². The molecule has 8 heterocycles. The van der Waals surface area contributed by atoms with E-state index in [9.17, 15) is 0 Å². The fraction of sp³-hybridized carbons (Fsp3) is 0. The van der Waals surface area contributed by atoms with Crippen molar-refractivity contribution in [2.24, 2.45) is 0 Å². The first kappa shape index (κ1) is 69.3. The van der Waals surface area contributed by atoms with Gasteiger partial charge in [0, 0.05) is 126 Å². The van der Waals surface area contributed by atoms with E-state index in [1.807, 2.05) is 98.1 Å². The maximum Gasteiger partial charge on any atom is 0.146 e. The quantitative estimate of drug-likeness (QED) is 0.0677. The van der Waals surface area contributed by atoms with Crippen LogP contribution in [-0.4, -0.2) is 39.9 Å². The lowest BCUT2D eigenvalue weighted by Gasteiger charge is -2.35. The van der Waals surface area contributed by atoms with E-state index >= 15 is 0 Å². The van der Waals surface area contributed by atoms with E-state index in [2.05, 4.69) is 347 Å². The van der Waals surface area contributed by atoms with Gasteiger partial charge in [-0.3, -0.25) is 19.6 Å². The number of benzene rings is 12. The minimum atomic E-state index is 0.644. The summed E-state index contributed by atoms with van der Waals surface area (Å²) in [6.07, 6.45) is 15.1. The molecule has 0 N–H and O–H groups in total. The topological polar surface area (TPSA) is 116 Å². The normalized spacial score (nSPS) is 11.3. The van der Waals surface area contributed by atoms with Gasteiger partial charge in [-0.15, -0.1) is 0 Å². The van der Waals surface area contributed by atoms with Gasteiger partial charge in [-0.1, -0.05) is 267 Å². The molecule has 0 aliphatic rings. The van der Waals surface area contributed by atoms with Gasteiger partial charge in [-0.05, 0) is 154 Å². The van der Waals surface area contributed by atoms with E-state index < -0.39 is 0 Å². The van der Waals surface area contributed by atoms with E-state index in [1.54, 1.807) is 0 Å². The standard InChI is InChI=1S/C104H70N12/c1-9-33-71(34-10-1)79-49-25-61-105-97(79)113(98-80(50-26-62-106-98)72-35-11-2-12-36-72)91-69-92(114(99-81(51-27-63-107-99)73-37-13-3-14-38-73)100-82(52-28-64-108-100)74-39-15-4-16-40-74)88-59-60-90-94(116(103-85(55-31-67-111-103)77-45-21-7-22-46-77)104-86(56-32-68-112-104)78-47-23-8-24-48-78)70-93(89-58-57-87(91)95(88)96(89)90)115(101-83(53-29-65-109-101)75-41-17-5-18-42-75)102-84(54-30-66-110-102)76-43-19-6-20-44-76/h1-70H. The summed E-state index contributed by atoms with van der Waals surface area (Å²) in [7, 11) is 0. The average molecular weight is 1490 g/mol. The fourth-order valence-electron chi connectivity index (χ4n) is 16.3. The predicted octanol–water partition coefficient (Wildman–Crippen LogP) is 27.0. The number of rotatable bonds is 20. The molecule has 0 spiro atoms. The summed E-state index contributed by atoms with van der Waals surface area (Å²) >= 11 is 0. The van der Waals surface area contributed by atoms with Crippen LogP contribution in [0, 0.1) is 0 Å². The Balaban J connectivity index is 1.03. The highest BCUT2D eigenvalue weighted by Crippen LogP contribution is 2.58. The van der Waals surface area contributed by atoms with Crippen molar-refractivity contribution in [3.05, 3.63) is 426 Å². The molecule has 20 rings (SSSR count). The molecular weight excluding hydrogens is 1420 g/mol. The summed E-state index contributed by atoms with van der Waals surface area (Å²) in [5, 5.41) is 5.31. The van der Waals surface area contributed by atoms with E-state index in [1.165, 1.54) is 0 Å². The number of hydrogen-bond acceptors (Lipinski definition) is 12. The summed E-state index contributed by atoms with van der Waals surface area (Å²) in [6, 6.07) is 131. The molecule has 0 radical (unpaired) electrons. The molecule has 546 valence electrons. The number of hydrogen-bond donors (Lipinski definition) is 0. The Bertz CT molecular complexity index is 5750. The lowest BCUT2D eigenvalue weighted by molar-refractivity contribution is 1.12. The molecule has 0 aliphatic heterocycles. The number of nitrogens with zero attached hydrogens (tertiary/aromatic N) is 12. The fourth-order valence-corrected chi connectivity index (χ4v) is 16.3. The monoisotopic (exact) mass is 1490 g/mol.